The maximum absolute atomic E-state index is 12.1. The van der Waals surface area contributed by atoms with Crippen molar-refractivity contribution in [3.63, 3.8) is 0 Å². The minimum absolute atomic E-state index is 0.193. The van der Waals surface area contributed by atoms with E-state index in [0.717, 1.165) is 21.9 Å². The van der Waals surface area contributed by atoms with Crippen LogP contribution in [0.5, 0.6) is 5.75 Å². The summed E-state index contributed by atoms with van der Waals surface area (Å²) >= 11 is 1.44. The summed E-state index contributed by atoms with van der Waals surface area (Å²) in [6.45, 7) is 3.51. The summed E-state index contributed by atoms with van der Waals surface area (Å²) in [5.41, 5.74) is 3.68. The maximum Gasteiger partial charge on any atom is 0.270 e. The van der Waals surface area contributed by atoms with E-state index in [-0.39, 0.29) is 5.91 Å². The molecule has 0 fully saturated rings. The number of rotatable bonds is 8. The monoisotopic (exact) mass is 382 g/mol. The van der Waals surface area contributed by atoms with Gasteiger partial charge < -0.3 is 14.8 Å². The molecule has 6 heteroatoms. The number of nitrogens with zero attached hydrogens (tertiary/aromatic N) is 1. The number of hydrogen-bond donors (Lipinski definition) is 1. The molecule has 1 amide bonds. The molecule has 0 saturated heterocycles. The molecule has 2 aromatic carbocycles. The first-order valence-electron chi connectivity index (χ1n) is 8.67. The van der Waals surface area contributed by atoms with E-state index in [1.165, 1.54) is 16.9 Å². The third-order valence-corrected chi connectivity index (χ3v) is 4.79. The topological polar surface area (TPSA) is 60.5 Å². The van der Waals surface area contributed by atoms with Crippen LogP contribution in [-0.2, 0) is 11.3 Å². The highest BCUT2D eigenvalue weighted by Gasteiger charge is 2.12. The Hall–Kier alpha value is -2.70. The molecule has 0 bridgehead atoms. The van der Waals surface area contributed by atoms with E-state index in [9.17, 15) is 4.79 Å². The fourth-order valence-electron chi connectivity index (χ4n) is 2.56. The lowest BCUT2D eigenvalue weighted by molar-refractivity contribution is 0.0933. The third kappa shape index (κ3) is 5.39. The van der Waals surface area contributed by atoms with Gasteiger partial charge in [-0.05, 0) is 24.6 Å². The quantitative estimate of drug-likeness (QED) is 0.597. The molecule has 27 heavy (non-hydrogen) atoms. The average Bonchev–Trinajstić information content (AvgIpc) is 3.17. The number of carbonyl (C=O) groups is 1. The van der Waals surface area contributed by atoms with Crippen LogP contribution in [0.25, 0.3) is 10.6 Å². The van der Waals surface area contributed by atoms with Crippen LogP contribution in [0.4, 0.5) is 0 Å². The lowest BCUT2D eigenvalue weighted by Gasteiger charge is -2.08. The molecule has 0 atom stereocenters. The molecule has 3 aromatic rings. The zero-order valence-corrected chi connectivity index (χ0v) is 16.2. The van der Waals surface area contributed by atoms with Crippen LogP contribution in [0, 0.1) is 6.92 Å². The van der Waals surface area contributed by atoms with Crippen molar-refractivity contribution in [2.75, 3.05) is 20.3 Å². The van der Waals surface area contributed by atoms with Gasteiger partial charge in [0.1, 0.15) is 23.1 Å². The first kappa shape index (κ1) is 19.1. The Kier molecular flexibility index (Phi) is 6.57. The molecule has 0 aliphatic carbocycles. The van der Waals surface area contributed by atoms with Crippen molar-refractivity contribution in [2.24, 2.45) is 0 Å². The van der Waals surface area contributed by atoms with Crippen molar-refractivity contribution in [2.45, 2.75) is 13.5 Å². The van der Waals surface area contributed by atoms with Gasteiger partial charge in [0.25, 0.3) is 5.91 Å². The van der Waals surface area contributed by atoms with Crippen LogP contribution in [-0.4, -0.2) is 31.2 Å². The van der Waals surface area contributed by atoms with Crippen LogP contribution in [0.15, 0.2) is 53.9 Å². The standard InChI is InChI=1S/C21H22N2O3S/c1-15-5-3-6-16(11-15)13-26-18-8-4-7-17(12-18)21-23-19(14-27-21)20(24)22-9-10-25-2/h3-8,11-12,14H,9-10,13H2,1-2H3,(H,22,24). The highest BCUT2D eigenvalue weighted by atomic mass is 32.1. The predicted molar refractivity (Wildman–Crippen MR) is 107 cm³/mol. The van der Waals surface area contributed by atoms with Gasteiger partial charge in [0, 0.05) is 24.6 Å². The van der Waals surface area contributed by atoms with Gasteiger partial charge in [-0.15, -0.1) is 11.3 Å². The summed E-state index contributed by atoms with van der Waals surface area (Å²) in [4.78, 5) is 16.5. The largest absolute Gasteiger partial charge is 0.489 e. The Morgan fingerprint density at radius 3 is 2.85 bits per heavy atom. The normalized spacial score (nSPS) is 10.6. The summed E-state index contributed by atoms with van der Waals surface area (Å²) in [6, 6.07) is 16.0. The van der Waals surface area contributed by atoms with E-state index < -0.39 is 0 Å². The second-order valence-electron chi connectivity index (χ2n) is 6.09. The lowest BCUT2D eigenvalue weighted by Crippen LogP contribution is -2.27. The number of aryl methyl sites for hydroxylation is 1. The highest BCUT2D eigenvalue weighted by Crippen LogP contribution is 2.27. The predicted octanol–water partition coefficient (Wildman–Crippen LogP) is 4.07. The van der Waals surface area contributed by atoms with Crippen LogP contribution < -0.4 is 10.1 Å². The van der Waals surface area contributed by atoms with Crippen LogP contribution >= 0.6 is 11.3 Å². The van der Waals surface area contributed by atoms with Crippen molar-refractivity contribution in [3.05, 3.63) is 70.7 Å². The summed E-state index contributed by atoms with van der Waals surface area (Å²) in [7, 11) is 1.60. The van der Waals surface area contributed by atoms with E-state index >= 15 is 0 Å². The number of carbonyl (C=O) groups excluding carboxylic acids is 1. The zero-order chi connectivity index (χ0) is 19.1. The van der Waals surface area contributed by atoms with Crippen molar-refractivity contribution in [1.82, 2.24) is 10.3 Å². The van der Waals surface area contributed by atoms with Gasteiger partial charge in [0.05, 0.1) is 6.61 Å². The summed E-state index contributed by atoms with van der Waals surface area (Å²) in [5.74, 6) is 0.580. The van der Waals surface area contributed by atoms with E-state index in [2.05, 4.69) is 29.4 Å². The lowest BCUT2D eigenvalue weighted by atomic mass is 10.1. The average molecular weight is 382 g/mol. The minimum atomic E-state index is -0.193. The molecule has 0 aliphatic rings. The Morgan fingerprint density at radius 2 is 2.04 bits per heavy atom. The van der Waals surface area contributed by atoms with Gasteiger partial charge in [-0.2, -0.15) is 0 Å². The van der Waals surface area contributed by atoms with Crippen molar-refractivity contribution in [3.8, 4) is 16.3 Å². The molecule has 1 aromatic heterocycles. The number of methoxy groups -OCH3 is 1. The molecule has 0 saturated carbocycles. The minimum Gasteiger partial charge on any atom is -0.489 e. The Morgan fingerprint density at radius 1 is 1.19 bits per heavy atom. The first-order chi connectivity index (χ1) is 13.2. The second kappa shape index (κ2) is 9.30. The summed E-state index contributed by atoms with van der Waals surface area (Å²) in [5, 5.41) is 5.32. The number of amides is 1. The molecule has 0 unspecified atom stereocenters. The molecule has 1 heterocycles. The Bertz CT molecular complexity index is 908. The van der Waals surface area contributed by atoms with E-state index in [1.54, 1.807) is 12.5 Å². The number of ether oxygens (including phenoxy) is 2. The van der Waals surface area contributed by atoms with Crippen LogP contribution in [0.3, 0.4) is 0 Å². The van der Waals surface area contributed by atoms with Crippen molar-refractivity contribution in [1.29, 1.82) is 0 Å². The summed E-state index contributed by atoms with van der Waals surface area (Å²) < 4.78 is 10.8. The third-order valence-electron chi connectivity index (χ3n) is 3.90. The van der Waals surface area contributed by atoms with Gasteiger partial charge in [0.15, 0.2) is 0 Å². The number of benzene rings is 2. The van der Waals surface area contributed by atoms with Gasteiger partial charge in [-0.3, -0.25) is 4.79 Å². The Labute approximate surface area is 163 Å². The smallest absolute Gasteiger partial charge is 0.270 e. The van der Waals surface area contributed by atoms with Crippen molar-refractivity contribution < 1.29 is 14.3 Å². The van der Waals surface area contributed by atoms with Gasteiger partial charge in [-0.25, -0.2) is 4.98 Å². The molecular weight excluding hydrogens is 360 g/mol. The Balaban J connectivity index is 1.66. The number of hydrogen-bond acceptors (Lipinski definition) is 5. The zero-order valence-electron chi connectivity index (χ0n) is 15.4. The molecule has 140 valence electrons. The first-order valence-corrected chi connectivity index (χ1v) is 9.55. The molecule has 5 nitrogen and oxygen atoms in total. The van der Waals surface area contributed by atoms with Crippen LogP contribution in [0.2, 0.25) is 0 Å². The molecule has 0 aliphatic heterocycles. The van der Waals surface area contributed by atoms with Gasteiger partial charge in [0.2, 0.25) is 0 Å². The number of aromatic nitrogens is 1. The van der Waals surface area contributed by atoms with Gasteiger partial charge in [-0.1, -0.05) is 42.0 Å². The van der Waals surface area contributed by atoms with E-state index in [4.69, 9.17) is 9.47 Å². The molecule has 1 N–H and O–H groups in total. The molecular formula is C21H22N2O3S. The molecule has 3 rings (SSSR count). The summed E-state index contributed by atoms with van der Waals surface area (Å²) in [6.07, 6.45) is 0. The van der Waals surface area contributed by atoms with E-state index in [0.29, 0.717) is 25.5 Å². The number of thiazole rings is 1. The SMILES string of the molecule is COCCNC(=O)c1csc(-c2cccc(OCc3cccc(C)c3)c2)n1. The van der Waals surface area contributed by atoms with E-state index in [1.807, 2.05) is 36.4 Å². The van der Waals surface area contributed by atoms with Crippen molar-refractivity contribution >= 4 is 17.2 Å². The molecule has 0 radical (unpaired) electrons. The van der Waals surface area contributed by atoms with Crippen LogP contribution in [0.1, 0.15) is 21.6 Å². The maximum atomic E-state index is 12.1. The van der Waals surface area contributed by atoms with Gasteiger partial charge >= 0.3 is 0 Å². The number of nitrogens with one attached hydrogen (secondary N) is 1. The fraction of sp³-hybridized carbons (Fsp3) is 0.238. The highest BCUT2D eigenvalue weighted by molar-refractivity contribution is 7.13. The fourth-order valence-corrected chi connectivity index (χ4v) is 3.35. The molecule has 0 spiro atoms. The second-order valence-corrected chi connectivity index (χ2v) is 6.95.